The molecule has 0 aliphatic carbocycles. The van der Waals surface area contributed by atoms with E-state index in [9.17, 15) is 4.79 Å². The van der Waals surface area contributed by atoms with Crippen LogP contribution in [-0.4, -0.2) is 23.5 Å². The predicted molar refractivity (Wildman–Crippen MR) is 65.1 cm³/mol. The van der Waals surface area contributed by atoms with Crippen LogP contribution >= 0.6 is 27.3 Å². The number of halogens is 1. The SMILES string of the molecule is CC(C)N1CC(c2ccc(Br)s2)NC1=O. The van der Waals surface area contributed by atoms with E-state index >= 15 is 0 Å². The molecule has 0 spiro atoms. The molecule has 5 heteroatoms. The Morgan fingerprint density at radius 3 is 2.80 bits per heavy atom. The molecule has 1 aliphatic heterocycles. The third-order valence-corrected chi connectivity index (χ3v) is 4.24. The van der Waals surface area contributed by atoms with E-state index in [1.54, 1.807) is 11.3 Å². The van der Waals surface area contributed by atoms with Crippen LogP contribution in [0.3, 0.4) is 0 Å². The summed E-state index contributed by atoms with van der Waals surface area (Å²) in [7, 11) is 0. The summed E-state index contributed by atoms with van der Waals surface area (Å²) in [5, 5.41) is 2.99. The molecule has 2 rings (SSSR count). The molecule has 2 heterocycles. The molecule has 1 unspecified atom stereocenters. The van der Waals surface area contributed by atoms with Crippen molar-refractivity contribution >= 4 is 33.3 Å². The molecular formula is C10H13BrN2OS. The molecule has 1 N–H and O–H groups in total. The van der Waals surface area contributed by atoms with Crippen molar-refractivity contribution in [1.29, 1.82) is 0 Å². The molecule has 1 saturated heterocycles. The fourth-order valence-electron chi connectivity index (χ4n) is 1.68. The number of amides is 2. The Bertz CT molecular complexity index is 377. The molecule has 1 aromatic rings. The quantitative estimate of drug-likeness (QED) is 0.892. The van der Waals surface area contributed by atoms with Crippen molar-refractivity contribution in [1.82, 2.24) is 10.2 Å². The standard InChI is InChI=1S/C10H13BrN2OS/c1-6(2)13-5-7(12-10(13)14)8-3-4-9(11)15-8/h3-4,6-7H,5H2,1-2H3,(H,12,14). The van der Waals surface area contributed by atoms with Crippen molar-refractivity contribution in [2.75, 3.05) is 6.54 Å². The zero-order valence-electron chi connectivity index (χ0n) is 8.66. The van der Waals surface area contributed by atoms with Gasteiger partial charge in [0.25, 0.3) is 0 Å². The number of nitrogens with zero attached hydrogens (tertiary/aromatic N) is 1. The van der Waals surface area contributed by atoms with Crippen molar-refractivity contribution in [3.63, 3.8) is 0 Å². The maximum atomic E-state index is 11.6. The second kappa shape index (κ2) is 4.14. The van der Waals surface area contributed by atoms with Gasteiger partial charge in [0.15, 0.2) is 0 Å². The zero-order chi connectivity index (χ0) is 11.0. The van der Waals surface area contributed by atoms with E-state index in [4.69, 9.17) is 0 Å². The number of hydrogen-bond donors (Lipinski definition) is 1. The van der Waals surface area contributed by atoms with Gasteiger partial charge in [0.2, 0.25) is 0 Å². The third-order valence-electron chi connectivity index (χ3n) is 2.50. The van der Waals surface area contributed by atoms with Gasteiger partial charge in [0, 0.05) is 17.5 Å². The van der Waals surface area contributed by atoms with Crippen molar-refractivity contribution in [3.05, 3.63) is 20.8 Å². The van der Waals surface area contributed by atoms with E-state index in [2.05, 4.69) is 27.3 Å². The lowest BCUT2D eigenvalue weighted by Gasteiger charge is -2.18. The Morgan fingerprint density at radius 2 is 2.33 bits per heavy atom. The summed E-state index contributed by atoms with van der Waals surface area (Å²) in [4.78, 5) is 14.7. The van der Waals surface area contributed by atoms with Gasteiger partial charge < -0.3 is 10.2 Å². The van der Waals surface area contributed by atoms with Gasteiger partial charge in [-0.05, 0) is 41.9 Å². The van der Waals surface area contributed by atoms with Crippen LogP contribution in [0.15, 0.2) is 15.9 Å². The third kappa shape index (κ3) is 2.18. The average molecular weight is 289 g/mol. The summed E-state index contributed by atoms with van der Waals surface area (Å²) in [5.74, 6) is 0. The molecule has 1 aliphatic rings. The highest BCUT2D eigenvalue weighted by molar-refractivity contribution is 9.11. The van der Waals surface area contributed by atoms with Gasteiger partial charge in [-0.2, -0.15) is 0 Å². The number of carbonyl (C=O) groups excluding carboxylic acids is 1. The number of urea groups is 1. The highest BCUT2D eigenvalue weighted by Crippen LogP contribution is 2.30. The molecule has 15 heavy (non-hydrogen) atoms. The van der Waals surface area contributed by atoms with Crippen LogP contribution in [-0.2, 0) is 0 Å². The average Bonchev–Trinajstić information content (AvgIpc) is 2.71. The Morgan fingerprint density at radius 1 is 1.60 bits per heavy atom. The summed E-state index contributed by atoms with van der Waals surface area (Å²) < 4.78 is 1.11. The van der Waals surface area contributed by atoms with Crippen LogP contribution in [0.1, 0.15) is 24.8 Å². The minimum atomic E-state index is 0.0412. The van der Waals surface area contributed by atoms with Crippen LogP contribution in [0.4, 0.5) is 4.79 Å². The van der Waals surface area contributed by atoms with E-state index in [1.807, 2.05) is 24.8 Å². The molecule has 0 radical (unpaired) electrons. The molecule has 0 aromatic carbocycles. The van der Waals surface area contributed by atoms with Crippen LogP contribution in [0, 0.1) is 0 Å². The fraction of sp³-hybridized carbons (Fsp3) is 0.500. The first kappa shape index (κ1) is 11.0. The molecule has 0 bridgehead atoms. The first-order valence-electron chi connectivity index (χ1n) is 4.90. The number of carbonyl (C=O) groups is 1. The first-order valence-corrected chi connectivity index (χ1v) is 6.51. The monoisotopic (exact) mass is 288 g/mol. The number of rotatable bonds is 2. The lowest BCUT2D eigenvalue weighted by molar-refractivity contribution is 0.206. The second-order valence-electron chi connectivity index (χ2n) is 3.89. The van der Waals surface area contributed by atoms with Gasteiger partial charge in [0.05, 0.1) is 9.83 Å². The van der Waals surface area contributed by atoms with E-state index in [0.29, 0.717) is 0 Å². The maximum Gasteiger partial charge on any atom is 0.318 e. The van der Waals surface area contributed by atoms with Gasteiger partial charge >= 0.3 is 6.03 Å². The van der Waals surface area contributed by atoms with Crippen molar-refractivity contribution in [2.24, 2.45) is 0 Å². The smallest absolute Gasteiger partial charge is 0.318 e. The minimum absolute atomic E-state index is 0.0412. The Labute approximate surface area is 102 Å². The Hall–Kier alpha value is -0.550. The summed E-state index contributed by atoms with van der Waals surface area (Å²) in [5.41, 5.74) is 0. The zero-order valence-corrected chi connectivity index (χ0v) is 11.1. The maximum absolute atomic E-state index is 11.6. The fourth-order valence-corrected chi connectivity index (χ4v) is 3.15. The molecular weight excluding hydrogens is 276 g/mol. The largest absolute Gasteiger partial charge is 0.329 e. The van der Waals surface area contributed by atoms with Gasteiger partial charge in [-0.15, -0.1) is 11.3 Å². The molecule has 0 saturated carbocycles. The van der Waals surface area contributed by atoms with Gasteiger partial charge in [0.1, 0.15) is 0 Å². The molecule has 3 nitrogen and oxygen atoms in total. The number of nitrogens with one attached hydrogen (secondary N) is 1. The normalized spacial score (nSPS) is 21.2. The second-order valence-corrected chi connectivity index (χ2v) is 6.38. The molecule has 1 fully saturated rings. The molecule has 1 atom stereocenters. The number of hydrogen-bond acceptors (Lipinski definition) is 2. The predicted octanol–water partition coefficient (Wildman–Crippen LogP) is 2.99. The highest BCUT2D eigenvalue weighted by atomic mass is 79.9. The minimum Gasteiger partial charge on any atom is -0.329 e. The van der Waals surface area contributed by atoms with E-state index in [0.717, 1.165) is 10.3 Å². The summed E-state index contributed by atoms with van der Waals surface area (Å²) in [6, 6.07) is 4.53. The van der Waals surface area contributed by atoms with Crippen LogP contribution < -0.4 is 5.32 Å². The van der Waals surface area contributed by atoms with Crippen LogP contribution in [0.2, 0.25) is 0 Å². The summed E-state index contributed by atoms with van der Waals surface area (Å²) in [6.07, 6.45) is 0. The van der Waals surface area contributed by atoms with Crippen LogP contribution in [0.5, 0.6) is 0 Å². The Balaban J connectivity index is 2.12. The Kier molecular flexibility index (Phi) is 3.02. The lowest BCUT2D eigenvalue weighted by Crippen LogP contribution is -2.33. The summed E-state index contributed by atoms with van der Waals surface area (Å²) >= 11 is 5.11. The molecule has 82 valence electrons. The first-order chi connectivity index (χ1) is 7.08. The topological polar surface area (TPSA) is 32.3 Å². The van der Waals surface area contributed by atoms with Gasteiger partial charge in [-0.25, -0.2) is 4.79 Å². The lowest BCUT2D eigenvalue weighted by atomic mass is 10.2. The molecule has 2 amide bonds. The van der Waals surface area contributed by atoms with E-state index in [1.165, 1.54) is 4.88 Å². The number of thiophene rings is 1. The van der Waals surface area contributed by atoms with Crippen molar-refractivity contribution in [2.45, 2.75) is 25.9 Å². The van der Waals surface area contributed by atoms with Gasteiger partial charge in [-0.3, -0.25) is 0 Å². The van der Waals surface area contributed by atoms with Crippen molar-refractivity contribution in [3.8, 4) is 0 Å². The van der Waals surface area contributed by atoms with Gasteiger partial charge in [-0.1, -0.05) is 0 Å². The molecule has 1 aromatic heterocycles. The summed E-state index contributed by atoms with van der Waals surface area (Å²) in [6.45, 7) is 4.84. The van der Waals surface area contributed by atoms with Crippen LogP contribution in [0.25, 0.3) is 0 Å². The van der Waals surface area contributed by atoms with Crippen molar-refractivity contribution < 1.29 is 4.79 Å². The highest BCUT2D eigenvalue weighted by Gasteiger charge is 2.31. The van der Waals surface area contributed by atoms with E-state index in [-0.39, 0.29) is 18.1 Å². The van der Waals surface area contributed by atoms with E-state index < -0.39 is 0 Å².